The van der Waals surface area contributed by atoms with Gasteiger partial charge in [0.15, 0.2) is 17.5 Å². The first-order valence-electron chi connectivity index (χ1n) is 9.80. The molecule has 5 heterocycles. The Kier molecular flexibility index (Phi) is 5.81. The van der Waals surface area contributed by atoms with Gasteiger partial charge >= 0.3 is 5.97 Å². The highest BCUT2D eigenvalue weighted by atomic mass is 32.2. The average molecular weight is 483 g/mol. The van der Waals surface area contributed by atoms with E-state index in [-0.39, 0.29) is 17.6 Å². The van der Waals surface area contributed by atoms with Gasteiger partial charge in [0.1, 0.15) is 0 Å². The number of hydrogen-bond acceptors (Lipinski definition) is 8. The maximum atomic E-state index is 13.0. The van der Waals surface area contributed by atoms with Crippen molar-refractivity contribution in [1.29, 1.82) is 0 Å². The van der Waals surface area contributed by atoms with Crippen molar-refractivity contribution >= 4 is 57.5 Å². The lowest BCUT2D eigenvalue weighted by Crippen LogP contribution is -2.31. The number of pyridine rings is 1. The van der Waals surface area contributed by atoms with Gasteiger partial charge in [-0.3, -0.25) is 9.20 Å². The number of ether oxygens (including phenoxy) is 1. The Morgan fingerprint density at radius 1 is 1.16 bits per heavy atom. The molecule has 0 fully saturated rings. The minimum Gasteiger partial charge on any atom is -0.451 e. The van der Waals surface area contributed by atoms with Crippen molar-refractivity contribution in [3.05, 3.63) is 74.9 Å². The molecule has 0 N–H and O–H groups in total. The number of esters is 1. The van der Waals surface area contributed by atoms with Crippen LogP contribution in [0.25, 0.3) is 5.52 Å². The summed E-state index contributed by atoms with van der Waals surface area (Å²) in [4.78, 5) is 32.3. The molecule has 0 aliphatic carbocycles. The molecule has 1 atom stereocenters. The van der Waals surface area contributed by atoms with Crippen molar-refractivity contribution in [2.45, 2.75) is 17.6 Å². The van der Waals surface area contributed by atoms with E-state index in [9.17, 15) is 9.59 Å². The molecule has 1 aliphatic heterocycles. The molecule has 4 aromatic rings. The molecule has 0 spiro atoms. The molecule has 5 rings (SSSR count). The number of carbonyl (C=O) groups is 2. The second-order valence-electron chi connectivity index (χ2n) is 6.98. The van der Waals surface area contributed by atoms with Gasteiger partial charge in [0.2, 0.25) is 0 Å². The number of nitrogens with zero attached hydrogens (tertiary/aromatic N) is 4. The number of rotatable bonds is 6. The van der Waals surface area contributed by atoms with Gasteiger partial charge in [-0.1, -0.05) is 30.0 Å². The SMILES string of the molecule is CSc1nc(C(=O)OCC(=O)N2N=C(c3cccs3)C[C@@H]2c2cccs2)c2ccccn12. The lowest BCUT2D eigenvalue weighted by atomic mass is 10.1. The van der Waals surface area contributed by atoms with E-state index < -0.39 is 12.6 Å². The number of aromatic nitrogens is 2. The Hall–Kier alpha value is -2.95. The topological polar surface area (TPSA) is 76.3 Å². The van der Waals surface area contributed by atoms with E-state index in [4.69, 9.17) is 4.74 Å². The molecule has 4 aromatic heterocycles. The lowest BCUT2D eigenvalue weighted by molar-refractivity contribution is -0.136. The van der Waals surface area contributed by atoms with E-state index >= 15 is 0 Å². The standard InChI is InChI=1S/C22H18N4O3S3/c1-30-22-23-20(15-6-2-3-9-25(15)22)21(28)29-13-19(27)26-16(18-8-5-11-32-18)12-14(24-26)17-7-4-10-31-17/h2-11,16H,12-13H2,1H3/t16-/m1/s1. The lowest BCUT2D eigenvalue weighted by Gasteiger charge is -2.20. The van der Waals surface area contributed by atoms with Crippen LogP contribution >= 0.6 is 34.4 Å². The van der Waals surface area contributed by atoms with Crippen LogP contribution in [0.5, 0.6) is 0 Å². The van der Waals surface area contributed by atoms with Crippen molar-refractivity contribution in [2.24, 2.45) is 5.10 Å². The van der Waals surface area contributed by atoms with Crippen molar-refractivity contribution < 1.29 is 14.3 Å². The van der Waals surface area contributed by atoms with Gasteiger partial charge in [-0.15, -0.1) is 22.7 Å². The normalized spacial score (nSPS) is 15.8. The number of hydrogen-bond donors (Lipinski definition) is 0. The Morgan fingerprint density at radius 2 is 2.00 bits per heavy atom. The first-order chi connectivity index (χ1) is 15.7. The highest BCUT2D eigenvalue weighted by Gasteiger charge is 2.34. The molecule has 1 aliphatic rings. The number of amides is 1. The van der Waals surface area contributed by atoms with Crippen LogP contribution in [0.3, 0.4) is 0 Å². The second kappa shape index (κ2) is 8.89. The van der Waals surface area contributed by atoms with Crippen LogP contribution in [0.4, 0.5) is 0 Å². The monoisotopic (exact) mass is 482 g/mol. The summed E-state index contributed by atoms with van der Waals surface area (Å²) in [6.45, 7) is -0.400. The van der Waals surface area contributed by atoms with Crippen LogP contribution in [0.15, 0.2) is 69.7 Å². The molecule has 0 saturated carbocycles. The number of hydrazone groups is 1. The summed E-state index contributed by atoms with van der Waals surface area (Å²) in [5.41, 5.74) is 1.70. The maximum Gasteiger partial charge on any atom is 0.359 e. The van der Waals surface area contributed by atoms with E-state index in [1.807, 2.05) is 64.0 Å². The molecule has 10 heteroatoms. The predicted molar refractivity (Wildman–Crippen MR) is 127 cm³/mol. The van der Waals surface area contributed by atoms with Crippen molar-refractivity contribution in [3.63, 3.8) is 0 Å². The Morgan fingerprint density at radius 3 is 2.75 bits per heavy atom. The molecule has 162 valence electrons. The predicted octanol–water partition coefficient (Wildman–Crippen LogP) is 4.71. The Bertz CT molecular complexity index is 1300. The largest absolute Gasteiger partial charge is 0.451 e. The smallest absolute Gasteiger partial charge is 0.359 e. The van der Waals surface area contributed by atoms with E-state index in [2.05, 4.69) is 10.1 Å². The molecule has 7 nitrogen and oxygen atoms in total. The van der Waals surface area contributed by atoms with Gasteiger partial charge in [0.25, 0.3) is 5.91 Å². The molecule has 0 aromatic carbocycles. The van der Waals surface area contributed by atoms with Crippen LogP contribution in [0.2, 0.25) is 0 Å². The van der Waals surface area contributed by atoms with Gasteiger partial charge in [-0.2, -0.15) is 5.10 Å². The molecular formula is C22H18N4O3S3. The van der Waals surface area contributed by atoms with Gasteiger partial charge < -0.3 is 4.74 Å². The molecule has 0 saturated heterocycles. The summed E-state index contributed by atoms with van der Waals surface area (Å²) in [5.74, 6) is -0.992. The fraction of sp³-hybridized carbons (Fsp3) is 0.182. The van der Waals surface area contributed by atoms with Crippen LogP contribution < -0.4 is 0 Å². The summed E-state index contributed by atoms with van der Waals surface area (Å²) in [5, 5.41) is 10.7. The minimum atomic E-state index is -0.628. The van der Waals surface area contributed by atoms with E-state index in [1.165, 1.54) is 16.8 Å². The molecule has 0 unspecified atom stereocenters. The van der Waals surface area contributed by atoms with Gasteiger partial charge in [0, 0.05) is 17.5 Å². The number of thioether (sulfide) groups is 1. The zero-order chi connectivity index (χ0) is 22.1. The molecule has 1 amide bonds. The van der Waals surface area contributed by atoms with Crippen molar-refractivity contribution in [3.8, 4) is 0 Å². The van der Waals surface area contributed by atoms with Crippen LogP contribution in [0, 0.1) is 0 Å². The van der Waals surface area contributed by atoms with Gasteiger partial charge in [-0.05, 0) is 41.3 Å². The maximum absolute atomic E-state index is 13.0. The van der Waals surface area contributed by atoms with Crippen LogP contribution in [-0.2, 0) is 9.53 Å². The molecule has 0 radical (unpaired) electrons. The number of carbonyl (C=O) groups excluding carboxylic acids is 2. The highest BCUT2D eigenvalue weighted by molar-refractivity contribution is 7.98. The second-order valence-corrected chi connectivity index (χ2v) is 9.68. The third-order valence-electron chi connectivity index (χ3n) is 5.06. The number of imidazole rings is 1. The summed E-state index contributed by atoms with van der Waals surface area (Å²) in [6, 6.07) is 13.2. The van der Waals surface area contributed by atoms with Crippen molar-refractivity contribution in [1.82, 2.24) is 14.4 Å². The van der Waals surface area contributed by atoms with Gasteiger partial charge in [0.05, 0.1) is 22.1 Å². The van der Waals surface area contributed by atoms with Crippen LogP contribution in [-0.4, -0.2) is 44.8 Å². The van der Waals surface area contributed by atoms with E-state index in [0.29, 0.717) is 17.1 Å². The first-order valence-corrected chi connectivity index (χ1v) is 12.8. The number of fused-ring (bicyclic) bond motifs is 1. The van der Waals surface area contributed by atoms with E-state index in [0.717, 1.165) is 15.5 Å². The zero-order valence-corrected chi connectivity index (χ0v) is 19.5. The summed E-state index contributed by atoms with van der Waals surface area (Å²) >= 11 is 4.61. The average Bonchev–Trinajstić information content (AvgIpc) is 3.61. The van der Waals surface area contributed by atoms with E-state index in [1.54, 1.807) is 28.7 Å². The third-order valence-corrected chi connectivity index (χ3v) is 7.61. The first kappa shape index (κ1) is 20.9. The summed E-state index contributed by atoms with van der Waals surface area (Å²) in [6.07, 6.45) is 4.36. The molecule has 32 heavy (non-hydrogen) atoms. The van der Waals surface area contributed by atoms with Crippen LogP contribution in [0.1, 0.15) is 32.7 Å². The molecule has 0 bridgehead atoms. The number of thiophene rings is 2. The fourth-order valence-corrected chi connectivity index (χ4v) is 5.67. The van der Waals surface area contributed by atoms with Gasteiger partial charge in [-0.25, -0.2) is 14.8 Å². The highest BCUT2D eigenvalue weighted by Crippen LogP contribution is 2.36. The quantitative estimate of drug-likeness (QED) is 0.294. The summed E-state index contributed by atoms with van der Waals surface area (Å²) in [7, 11) is 0. The zero-order valence-electron chi connectivity index (χ0n) is 17.0. The fourth-order valence-electron chi connectivity index (χ4n) is 3.60. The van der Waals surface area contributed by atoms with Crippen molar-refractivity contribution in [2.75, 3.05) is 12.9 Å². The Balaban J connectivity index is 1.35. The minimum absolute atomic E-state index is 0.196. The molecular weight excluding hydrogens is 464 g/mol. The summed E-state index contributed by atoms with van der Waals surface area (Å²) < 4.78 is 7.21. The third kappa shape index (κ3) is 3.85. The Labute approximate surface area is 196 Å².